The lowest BCUT2D eigenvalue weighted by molar-refractivity contribution is 0.627. The van der Waals surface area contributed by atoms with E-state index in [1.165, 1.54) is 12.3 Å². The second-order valence-corrected chi connectivity index (χ2v) is 4.54. The molecule has 0 fully saturated rings. The average Bonchev–Trinajstić information content (AvgIpc) is 2.43. The molecule has 0 spiro atoms. The van der Waals surface area contributed by atoms with Gasteiger partial charge in [-0.1, -0.05) is 17.7 Å². The fraction of sp³-hybridized carbons (Fsp3) is 0.231. The average molecular weight is 296 g/mol. The van der Waals surface area contributed by atoms with Gasteiger partial charge in [0.1, 0.15) is 5.82 Å². The molecule has 0 unspecified atom stereocenters. The molecule has 0 atom stereocenters. The molecule has 0 amide bonds. The van der Waals surface area contributed by atoms with E-state index >= 15 is 0 Å². The van der Waals surface area contributed by atoms with E-state index < -0.39 is 5.82 Å². The van der Waals surface area contributed by atoms with Crippen LogP contribution in [0.2, 0.25) is 5.02 Å². The predicted octanol–water partition coefficient (Wildman–Crippen LogP) is 2.90. The zero-order chi connectivity index (χ0) is 14.5. The molecule has 7 heteroatoms. The van der Waals surface area contributed by atoms with Crippen LogP contribution in [0.3, 0.4) is 0 Å². The largest absolute Gasteiger partial charge is 0.394 e. The van der Waals surface area contributed by atoms with Gasteiger partial charge in [-0.05, 0) is 24.6 Å². The summed E-state index contributed by atoms with van der Waals surface area (Å²) in [6.45, 7) is 3.11. The smallest absolute Gasteiger partial charge is 0.225 e. The summed E-state index contributed by atoms with van der Waals surface area (Å²) in [5.41, 5.74) is 7.07. The Labute approximate surface area is 121 Å². The van der Waals surface area contributed by atoms with Crippen molar-refractivity contribution in [2.75, 3.05) is 22.9 Å². The maximum atomic E-state index is 13.0. The van der Waals surface area contributed by atoms with Crippen LogP contribution in [0.1, 0.15) is 12.5 Å². The molecule has 0 saturated heterocycles. The number of nitrogen functional groups attached to an aromatic ring is 1. The van der Waals surface area contributed by atoms with Crippen molar-refractivity contribution in [2.24, 2.45) is 0 Å². The van der Waals surface area contributed by atoms with Crippen molar-refractivity contribution >= 4 is 29.1 Å². The SMILES string of the molecule is CCNc1nc(NCc2ccc(F)c(Cl)c2)ncc1N. The summed E-state index contributed by atoms with van der Waals surface area (Å²) in [5, 5.41) is 6.17. The van der Waals surface area contributed by atoms with Gasteiger partial charge in [0.15, 0.2) is 5.82 Å². The molecule has 0 aliphatic rings. The van der Waals surface area contributed by atoms with Crippen LogP contribution in [0.25, 0.3) is 0 Å². The second kappa shape index (κ2) is 6.38. The van der Waals surface area contributed by atoms with Gasteiger partial charge < -0.3 is 16.4 Å². The number of hydrogen-bond donors (Lipinski definition) is 3. The molecule has 20 heavy (non-hydrogen) atoms. The molecule has 0 bridgehead atoms. The van der Waals surface area contributed by atoms with Crippen LogP contribution in [0.15, 0.2) is 24.4 Å². The van der Waals surface area contributed by atoms with Crippen molar-refractivity contribution in [3.05, 3.63) is 40.8 Å². The third-order valence-electron chi connectivity index (χ3n) is 2.60. The van der Waals surface area contributed by atoms with E-state index in [1.807, 2.05) is 6.92 Å². The molecule has 0 aliphatic heterocycles. The minimum absolute atomic E-state index is 0.0934. The Hall–Kier alpha value is -2.08. The van der Waals surface area contributed by atoms with Crippen molar-refractivity contribution in [3.8, 4) is 0 Å². The van der Waals surface area contributed by atoms with Gasteiger partial charge in [-0.15, -0.1) is 0 Å². The molecular formula is C13H15ClFN5. The number of halogens is 2. The lowest BCUT2D eigenvalue weighted by Gasteiger charge is -2.09. The number of nitrogens with zero attached hydrogens (tertiary/aromatic N) is 2. The summed E-state index contributed by atoms with van der Waals surface area (Å²) in [7, 11) is 0. The predicted molar refractivity (Wildman–Crippen MR) is 79.3 cm³/mol. The zero-order valence-electron chi connectivity index (χ0n) is 11.0. The first-order valence-corrected chi connectivity index (χ1v) is 6.52. The van der Waals surface area contributed by atoms with Crippen LogP contribution in [0, 0.1) is 5.82 Å². The van der Waals surface area contributed by atoms with Gasteiger partial charge in [0, 0.05) is 13.1 Å². The van der Waals surface area contributed by atoms with Crippen LogP contribution < -0.4 is 16.4 Å². The molecule has 0 aliphatic carbocycles. The maximum absolute atomic E-state index is 13.0. The van der Waals surface area contributed by atoms with Crippen LogP contribution in [-0.2, 0) is 6.54 Å². The number of anilines is 3. The first-order chi connectivity index (χ1) is 9.60. The second-order valence-electron chi connectivity index (χ2n) is 4.13. The van der Waals surface area contributed by atoms with Crippen molar-refractivity contribution < 1.29 is 4.39 Å². The quantitative estimate of drug-likeness (QED) is 0.791. The Bertz CT molecular complexity index is 605. The molecule has 0 saturated carbocycles. The molecule has 106 valence electrons. The third-order valence-corrected chi connectivity index (χ3v) is 2.89. The van der Waals surface area contributed by atoms with Crippen LogP contribution in [-0.4, -0.2) is 16.5 Å². The fourth-order valence-electron chi connectivity index (χ4n) is 1.62. The van der Waals surface area contributed by atoms with E-state index in [2.05, 4.69) is 20.6 Å². The lowest BCUT2D eigenvalue weighted by Crippen LogP contribution is -2.09. The number of benzene rings is 1. The van der Waals surface area contributed by atoms with E-state index in [1.54, 1.807) is 12.1 Å². The van der Waals surface area contributed by atoms with Crippen LogP contribution in [0.4, 0.5) is 21.8 Å². The molecule has 4 N–H and O–H groups in total. The minimum Gasteiger partial charge on any atom is -0.394 e. The Morgan fingerprint density at radius 2 is 2.15 bits per heavy atom. The van der Waals surface area contributed by atoms with E-state index in [4.69, 9.17) is 17.3 Å². The Morgan fingerprint density at radius 1 is 1.35 bits per heavy atom. The fourth-order valence-corrected chi connectivity index (χ4v) is 1.82. The number of nitrogens with one attached hydrogen (secondary N) is 2. The molecule has 2 rings (SSSR count). The summed E-state index contributed by atoms with van der Waals surface area (Å²) < 4.78 is 13.0. The monoisotopic (exact) mass is 295 g/mol. The number of hydrogen-bond acceptors (Lipinski definition) is 5. The Kier molecular flexibility index (Phi) is 4.57. The van der Waals surface area contributed by atoms with Crippen molar-refractivity contribution in [3.63, 3.8) is 0 Å². The van der Waals surface area contributed by atoms with Crippen molar-refractivity contribution in [2.45, 2.75) is 13.5 Å². The highest BCUT2D eigenvalue weighted by molar-refractivity contribution is 6.30. The number of aromatic nitrogens is 2. The van der Waals surface area contributed by atoms with Crippen LogP contribution >= 0.6 is 11.6 Å². The van der Waals surface area contributed by atoms with E-state index in [9.17, 15) is 4.39 Å². The molecule has 1 heterocycles. The summed E-state index contributed by atoms with van der Waals surface area (Å²) in [6, 6.07) is 4.54. The maximum Gasteiger partial charge on any atom is 0.225 e. The van der Waals surface area contributed by atoms with Gasteiger partial charge in [-0.2, -0.15) is 4.98 Å². The minimum atomic E-state index is -0.436. The molecule has 1 aromatic heterocycles. The highest BCUT2D eigenvalue weighted by atomic mass is 35.5. The molecule has 0 radical (unpaired) electrons. The Balaban J connectivity index is 2.06. The first-order valence-electron chi connectivity index (χ1n) is 6.14. The normalized spacial score (nSPS) is 10.3. The van der Waals surface area contributed by atoms with Gasteiger partial charge in [-0.3, -0.25) is 0 Å². The molecule has 2 aromatic rings. The third kappa shape index (κ3) is 3.48. The summed E-state index contributed by atoms with van der Waals surface area (Å²) >= 11 is 5.72. The molecular weight excluding hydrogens is 281 g/mol. The Morgan fingerprint density at radius 3 is 2.85 bits per heavy atom. The van der Waals surface area contributed by atoms with E-state index in [-0.39, 0.29) is 5.02 Å². The highest BCUT2D eigenvalue weighted by Gasteiger charge is 2.05. The summed E-state index contributed by atoms with van der Waals surface area (Å²) in [5.74, 6) is 0.589. The molecule has 5 nitrogen and oxygen atoms in total. The topological polar surface area (TPSA) is 75.9 Å². The van der Waals surface area contributed by atoms with Crippen molar-refractivity contribution in [1.82, 2.24) is 9.97 Å². The highest BCUT2D eigenvalue weighted by Crippen LogP contribution is 2.18. The first kappa shape index (κ1) is 14.3. The number of nitrogens with two attached hydrogens (primary N) is 1. The van der Waals surface area contributed by atoms with Gasteiger partial charge in [0.25, 0.3) is 0 Å². The standard InChI is InChI=1S/C13H15ClFN5/c1-2-17-12-11(16)7-19-13(20-12)18-6-8-3-4-10(15)9(14)5-8/h3-5,7H,2,6,16H2,1H3,(H2,17,18,19,20). The lowest BCUT2D eigenvalue weighted by atomic mass is 10.2. The van der Waals surface area contributed by atoms with E-state index in [0.29, 0.717) is 30.5 Å². The number of rotatable bonds is 5. The van der Waals surface area contributed by atoms with Gasteiger partial charge in [-0.25, -0.2) is 9.37 Å². The van der Waals surface area contributed by atoms with Gasteiger partial charge in [0.05, 0.1) is 16.9 Å². The summed E-state index contributed by atoms with van der Waals surface area (Å²) in [6.07, 6.45) is 1.53. The molecule has 1 aromatic carbocycles. The van der Waals surface area contributed by atoms with Crippen LogP contribution in [0.5, 0.6) is 0 Å². The van der Waals surface area contributed by atoms with E-state index in [0.717, 1.165) is 5.56 Å². The van der Waals surface area contributed by atoms with Gasteiger partial charge in [0.2, 0.25) is 5.95 Å². The van der Waals surface area contributed by atoms with Gasteiger partial charge >= 0.3 is 0 Å². The van der Waals surface area contributed by atoms with Crippen molar-refractivity contribution in [1.29, 1.82) is 0 Å². The zero-order valence-corrected chi connectivity index (χ0v) is 11.7. The summed E-state index contributed by atoms with van der Waals surface area (Å²) in [4.78, 5) is 8.33.